The molecular weight excluding hydrogens is 279 g/mol. The monoisotopic (exact) mass is 306 g/mol. The van der Waals surface area contributed by atoms with Gasteiger partial charge in [-0.2, -0.15) is 0 Å². The van der Waals surface area contributed by atoms with Crippen molar-refractivity contribution in [1.29, 1.82) is 0 Å². The predicted octanol–water partition coefficient (Wildman–Crippen LogP) is 3.09. The second-order valence-corrected chi connectivity index (χ2v) is 6.09. The minimum absolute atomic E-state index is 0.150. The Morgan fingerprint density at radius 1 is 1.05 bits per heavy atom. The molecule has 0 atom stereocenters. The maximum Gasteiger partial charge on any atom is 0.227 e. The van der Waals surface area contributed by atoms with Gasteiger partial charge in [0.1, 0.15) is 5.82 Å². The van der Waals surface area contributed by atoms with Crippen LogP contribution < -0.4 is 0 Å². The van der Waals surface area contributed by atoms with Gasteiger partial charge in [0.25, 0.3) is 0 Å². The molecule has 1 aliphatic heterocycles. The smallest absolute Gasteiger partial charge is 0.227 e. The van der Waals surface area contributed by atoms with Crippen LogP contribution in [0.1, 0.15) is 38.2 Å². The highest BCUT2D eigenvalue weighted by Crippen LogP contribution is 2.09. The van der Waals surface area contributed by atoms with Gasteiger partial charge in [0.2, 0.25) is 5.91 Å². The number of nitrogens with zero attached hydrogens (tertiary/aromatic N) is 2. The van der Waals surface area contributed by atoms with Crippen molar-refractivity contribution in [3.63, 3.8) is 0 Å². The Bertz CT molecular complexity index is 453. The van der Waals surface area contributed by atoms with E-state index in [1.807, 2.05) is 4.90 Å². The number of unbranched alkanes of at least 4 members (excludes halogenated alkanes) is 3. The Hall–Kier alpha value is -1.42. The summed E-state index contributed by atoms with van der Waals surface area (Å²) < 4.78 is 12.9. The summed E-state index contributed by atoms with van der Waals surface area (Å²) in [7, 11) is 0. The molecule has 0 radical (unpaired) electrons. The summed E-state index contributed by atoms with van der Waals surface area (Å²) in [6.07, 6.45) is 5.52. The van der Waals surface area contributed by atoms with Crippen molar-refractivity contribution in [2.24, 2.45) is 0 Å². The molecule has 0 unspecified atom stereocenters. The molecule has 3 nitrogen and oxygen atoms in total. The van der Waals surface area contributed by atoms with Gasteiger partial charge in [0, 0.05) is 26.2 Å². The summed E-state index contributed by atoms with van der Waals surface area (Å²) in [5.41, 5.74) is 0.883. The van der Waals surface area contributed by atoms with Gasteiger partial charge in [-0.15, -0.1) is 0 Å². The van der Waals surface area contributed by atoms with Crippen molar-refractivity contribution in [2.45, 2.75) is 39.0 Å². The first kappa shape index (κ1) is 16.9. The molecule has 1 aliphatic rings. The van der Waals surface area contributed by atoms with Crippen molar-refractivity contribution in [2.75, 3.05) is 32.7 Å². The number of amides is 1. The van der Waals surface area contributed by atoms with Crippen molar-refractivity contribution >= 4 is 5.91 Å². The molecular formula is C18H27FN2O. The van der Waals surface area contributed by atoms with Crippen LogP contribution >= 0.6 is 0 Å². The van der Waals surface area contributed by atoms with E-state index >= 15 is 0 Å². The molecule has 1 fully saturated rings. The lowest BCUT2D eigenvalue weighted by Gasteiger charge is -2.34. The molecule has 4 heteroatoms. The highest BCUT2D eigenvalue weighted by molar-refractivity contribution is 5.78. The first-order chi connectivity index (χ1) is 10.7. The van der Waals surface area contributed by atoms with E-state index in [9.17, 15) is 9.18 Å². The second-order valence-electron chi connectivity index (χ2n) is 6.09. The molecule has 1 saturated heterocycles. The summed E-state index contributed by atoms with van der Waals surface area (Å²) in [4.78, 5) is 16.7. The zero-order valence-corrected chi connectivity index (χ0v) is 13.6. The zero-order valence-electron chi connectivity index (χ0n) is 13.6. The van der Waals surface area contributed by atoms with E-state index < -0.39 is 0 Å². The van der Waals surface area contributed by atoms with Gasteiger partial charge in [-0.1, -0.05) is 38.3 Å². The summed E-state index contributed by atoms with van der Waals surface area (Å²) in [6, 6.07) is 6.21. The van der Waals surface area contributed by atoms with Crippen molar-refractivity contribution in [3.05, 3.63) is 35.6 Å². The number of benzene rings is 1. The Morgan fingerprint density at radius 3 is 2.36 bits per heavy atom. The first-order valence-corrected chi connectivity index (χ1v) is 8.43. The fourth-order valence-corrected chi connectivity index (χ4v) is 2.87. The van der Waals surface area contributed by atoms with Crippen LogP contribution in [0.25, 0.3) is 0 Å². The highest BCUT2D eigenvalue weighted by atomic mass is 19.1. The summed E-state index contributed by atoms with van der Waals surface area (Å²) >= 11 is 0. The van der Waals surface area contributed by atoms with E-state index in [1.165, 1.54) is 37.8 Å². The molecule has 0 saturated carbocycles. The molecule has 1 aromatic carbocycles. The number of carbonyl (C=O) groups excluding carboxylic acids is 1. The molecule has 1 heterocycles. The van der Waals surface area contributed by atoms with Gasteiger partial charge in [-0.05, 0) is 30.7 Å². The quantitative estimate of drug-likeness (QED) is 0.723. The fourth-order valence-electron chi connectivity index (χ4n) is 2.87. The molecule has 22 heavy (non-hydrogen) atoms. The molecule has 2 rings (SSSR count). The first-order valence-electron chi connectivity index (χ1n) is 8.43. The van der Waals surface area contributed by atoms with Gasteiger partial charge in [0.05, 0.1) is 6.42 Å². The highest BCUT2D eigenvalue weighted by Gasteiger charge is 2.20. The third-order valence-electron chi connectivity index (χ3n) is 4.32. The number of rotatable bonds is 7. The lowest BCUT2D eigenvalue weighted by molar-refractivity contribution is -0.132. The molecule has 1 amide bonds. The maximum atomic E-state index is 12.9. The number of piperazine rings is 1. The minimum atomic E-state index is -0.257. The van der Waals surface area contributed by atoms with Crippen molar-refractivity contribution in [1.82, 2.24) is 9.80 Å². The third kappa shape index (κ3) is 5.41. The molecule has 1 aromatic rings. The molecule has 122 valence electrons. The van der Waals surface area contributed by atoms with Crippen LogP contribution in [0.5, 0.6) is 0 Å². The van der Waals surface area contributed by atoms with E-state index in [-0.39, 0.29) is 11.7 Å². The number of carbonyl (C=O) groups is 1. The Morgan fingerprint density at radius 2 is 1.73 bits per heavy atom. The summed E-state index contributed by atoms with van der Waals surface area (Å²) in [6.45, 7) is 6.95. The van der Waals surface area contributed by atoms with E-state index in [4.69, 9.17) is 0 Å². The number of halogens is 1. The van der Waals surface area contributed by atoms with Crippen LogP contribution in [0.4, 0.5) is 4.39 Å². The Labute approximate surface area is 133 Å². The van der Waals surface area contributed by atoms with Crippen LogP contribution in [-0.4, -0.2) is 48.4 Å². The maximum absolute atomic E-state index is 12.9. The summed E-state index contributed by atoms with van der Waals surface area (Å²) in [5, 5.41) is 0. The molecule has 0 spiro atoms. The number of hydrogen-bond acceptors (Lipinski definition) is 2. The average Bonchev–Trinajstić information content (AvgIpc) is 2.54. The van der Waals surface area contributed by atoms with Gasteiger partial charge < -0.3 is 4.90 Å². The zero-order chi connectivity index (χ0) is 15.8. The van der Waals surface area contributed by atoms with Crippen LogP contribution in [0.2, 0.25) is 0 Å². The van der Waals surface area contributed by atoms with Crippen LogP contribution in [0, 0.1) is 5.82 Å². The van der Waals surface area contributed by atoms with E-state index in [1.54, 1.807) is 12.1 Å². The second kappa shape index (κ2) is 8.89. The number of hydrogen-bond donors (Lipinski definition) is 0. The predicted molar refractivity (Wildman–Crippen MR) is 87.3 cm³/mol. The van der Waals surface area contributed by atoms with E-state index in [0.717, 1.165) is 38.3 Å². The average molecular weight is 306 g/mol. The van der Waals surface area contributed by atoms with Gasteiger partial charge in [0.15, 0.2) is 0 Å². The lowest BCUT2D eigenvalue weighted by atomic mass is 10.1. The fraction of sp³-hybridized carbons (Fsp3) is 0.611. The van der Waals surface area contributed by atoms with Crippen molar-refractivity contribution < 1.29 is 9.18 Å². The Kier molecular flexibility index (Phi) is 6.84. The molecule has 0 aliphatic carbocycles. The van der Waals surface area contributed by atoms with Gasteiger partial charge in [-0.3, -0.25) is 9.69 Å². The Balaban J connectivity index is 1.69. The molecule has 0 N–H and O–H groups in total. The van der Waals surface area contributed by atoms with Gasteiger partial charge >= 0.3 is 0 Å². The normalized spacial score (nSPS) is 16.0. The minimum Gasteiger partial charge on any atom is -0.340 e. The van der Waals surface area contributed by atoms with Crippen LogP contribution in [0.3, 0.4) is 0 Å². The topological polar surface area (TPSA) is 23.6 Å². The third-order valence-corrected chi connectivity index (χ3v) is 4.32. The van der Waals surface area contributed by atoms with Crippen LogP contribution in [0.15, 0.2) is 24.3 Å². The molecule has 0 aromatic heterocycles. The molecule has 0 bridgehead atoms. The largest absolute Gasteiger partial charge is 0.340 e. The van der Waals surface area contributed by atoms with E-state index in [0.29, 0.717) is 6.42 Å². The van der Waals surface area contributed by atoms with Crippen molar-refractivity contribution in [3.8, 4) is 0 Å². The van der Waals surface area contributed by atoms with Crippen LogP contribution in [-0.2, 0) is 11.2 Å². The standard InChI is InChI=1S/C18H27FN2O/c1-2-3-4-5-10-20-11-13-21(14-12-20)18(22)15-16-6-8-17(19)9-7-16/h6-9H,2-5,10-15H2,1H3. The van der Waals surface area contributed by atoms with Gasteiger partial charge in [-0.25, -0.2) is 4.39 Å². The van der Waals surface area contributed by atoms with E-state index in [2.05, 4.69) is 11.8 Å². The SMILES string of the molecule is CCCCCCN1CCN(C(=O)Cc2ccc(F)cc2)CC1. The lowest BCUT2D eigenvalue weighted by Crippen LogP contribution is -2.49. The summed E-state index contributed by atoms with van der Waals surface area (Å²) in [5.74, 6) is -0.106.